The molecule has 114 valence electrons. The van der Waals surface area contributed by atoms with Gasteiger partial charge < -0.3 is 10.6 Å². The van der Waals surface area contributed by atoms with Crippen molar-refractivity contribution in [3.63, 3.8) is 0 Å². The van der Waals surface area contributed by atoms with Gasteiger partial charge in [0.15, 0.2) is 0 Å². The highest BCUT2D eigenvalue weighted by atomic mass is 15.2. The topological polar surface area (TPSA) is 32.5 Å². The van der Waals surface area contributed by atoms with Crippen molar-refractivity contribution in [2.45, 2.75) is 58.9 Å². The Morgan fingerprint density at radius 1 is 1.21 bits per heavy atom. The standard InChI is InChI=1S/C16H35N3/c1-5-15(4)13-19(7-3)16(14-17)9-8-11-18(6-2)12-10-16/h15H,5-14,17H2,1-4H3. The molecule has 1 aliphatic rings. The van der Waals surface area contributed by atoms with E-state index in [-0.39, 0.29) is 5.54 Å². The summed E-state index contributed by atoms with van der Waals surface area (Å²) in [6.07, 6.45) is 5.06. The summed E-state index contributed by atoms with van der Waals surface area (Å²) in [6.45, 7) is 16.0. The van der Waals surface area contributed by atoms with Crippen LogP contribution in [0, 0.1) is 5.92 Å². The lowest BCUT2D eigenvalue weighted by Crippen LogP contribution is -2.55. The van der Waals surface area contributed by atoms with E-state index in [2.05, 4.69) is 37.5 Å². The van der Waals surface area contributed by atoms with Crippen LogP contribution in [0.3, 0.4) is 0 Å². The fourth-order valence-corrected chi connectivity index (χ4v) is 3.36. The maximum atomic E-state index is 6.23. The molecule has 2 N–H and O–H groups in total. The molecule has 0 aromatic heterocycles. The first-order valence-electron chi connectivity index (χ1n) is 8.29. The SMILES string of the molecule is CCC(C)CN(CC)C1(CN)CCCN(CC)CC1. The molecule has 1 fully saturated rings. The Kier molecular flexibility index (Phi) is 7.33. The van der Waals surface area contributed by atoms with E-state index in [1.807, 2.05) is 0 Å². The molecular formula is C16H35N3. The van der Waals surface area contributed by atoms with Gasteiger partial charge in [-0.1, -0.05) is 34.1 Å². The average Bonchev–Trinajstić information content (AvgIpc) is 2.67. The van der Waals surface area contributed by atoms with E-state index >= 15 is 0 Å². The van der Waals surface area contributed by atoms with Crippen LogP contribution in [0.2, 0.25) is 0 Å². The molecule has 19 heavy (non-hydrogen) atoms. The molecule has 0 bridgehead atoms. The van der Waals surface area contributed by atoms with Crippen molar-refractivity contribution in [2.24, 2.45) is 11.7 Å². The van der Waals surface area contributed by atoms with Crippen molar-refractivity contribution < 1.29 is 0 Å². The minimum Gasteiger partial charge on any atom is -0.329 e. The maximum absolute atomic E-state index is 6.23. The van der Waals surface area contributed by atoms with Crippen molar-refractivity contribution in [1.82, 2.24) is 9.80 Å². The zero-order chi connectivity index (χ0) is 14.3. The second-order valence-electron chi connectivity index (χ2n) is 6.27. The van der Waals surface area contributed by atoms with Gasteiger partial charge in [-0.2, -0.15) is 0 Å². The molecule has 0 radical (unpaired) electrons. The summed E-state index contributed by atoms with van der Waals surface area (Å²) in [5.41, 5.74) is 6.48. The molecule has 3 heteroatoms. The molecule has 1 saturated heterocycles. The van der Waals surface area contributed by atoms with E-state index in [4.69, 9.17) is 5.73 Å². The quantitative estimate of drug-likeness (QED) is 0.771. The van der Waals surface area contributed by atoms with Crippen molar-refractivity contribution >= 4 is 0 Å². The third kappa shape index (κ3) is 4.44. The monoisotopic (exact) mass is 269 g/mol. The molecule has 0 aromatic rings. The summed E-state index contributed by atoms with van der Waals surface area (Å²) >= 11 is 0. The molecule has 0 saturated carbocycles. The Balaban J connectivity index is 2.75. The van der Waals surface area contributed by atoms with E-state index in [0.29, 0.717) is 0 Å². The molecule has 2 unspecified atom stereocenters. The first kappa shape index (κ1) is 16.9. The van der Waals surface area contributed by atoms with Crippen LogP contribution in [0.5, 0.6) is 0 Å². The second kappa shape index (κ2) is 8.23. The minimum absolute atomic E-state index is 0.252. The summed E-state index contributed by atoms with van der Waals surface area (Å²) in [5.74, 6) is 0.772. The van der Waals surface area contributed by atoms with Crippen molar-refractivity contribution in [1.29, 1.82) is 0 Å². The van der Waals surface area contributed by atoms with Gasteiger partial charge in [-0.05, 0) is 51.4 Å². The van der Waals surface area contributed by atoms with Gasteiger partial charge in [-0.25, -0.2) is 0 Å². The van der Waals surface area contributed by atoms with E-state index in [0.717, 1.165) is 19.0 Å². The lowest BCUT2D eigenvalue weighted by Gasteiger charge is -2.44. The number of nitrogens with zero attached hydrogens (tertiary/aromatic N) is 2. The normalized spacial score (nSPS) is 27.5. The number of nitrogens with two attached hydrogens (primary N) is 1. The first-order chi connectivity index (χ1) is 9.11. The van der Waals surface area contributed by atoms with Crippen molar-refractivity contribution in [2.75, 3.05) is 39.3 Å². The largest absolute Gasteiger partial charge is 0.329 e. The minimum atomic E-state index is 0.252. The summed E-state index contributed by atoms with van der Waals surface area (Å²) in [6, 6.07) is 0. The van der Waals surface area contributed by atoms with E-state index < -0.39 is 0 Å². The van der Waals surface area contributed by atoms with Gasteiger partial charge in [-0.3, -0.25) is 4.90 Å². The lowest BCUT2D eigenvalue weighted by atomic mass is 9.87. The highest BCUT2D eigenvalue weighted by Crippen LogP contribution is 2.29. The van der Waals surface area contributed by atoms with Crippen LogP contribution in [-0.2, 0) is 0 Å². The molecule has 2 atom stereocenters. The fourth-order valence-electron chi connectivity index (χ4n) is 3.36. The van der Waals surface area contributed by atoms with Crippen LogP contribution in [-0.4, -0.2) is 54.6 Å². The van der Waals surface area contributed by atoms with Crippen LogP contribution in [0.15, 0.2) is 0 Å². The molecule has 0 aliphatic carbocycles. The van der Waals surface area contributed by atoms with E-state index in [9.17, 15) is 0 Å². The molecule has 1 heterocycles. The summed E-state index contributed by atoms with van der Waals surface area (Å²) < 4.78 is 0. The molecular weight excluding hydrogens is 234 g/mol. The summed E-state index contributed by atoms with van der Waals surface area (Å²) in [5, 5.41) is 0. The Morgan fingerprint density at radius 3 is 2.47 bits per heavy atom. The molecule has 1 aliphatic heterocycles. The number of rotatable bonds is 7. The molecule has 3 nitrogen and oxygen atoms in total. The first-order valence-corrected chi connectivity index (χ1v) is 8.29. The van der Waals surface area contributed by atoms with Crippen LogP contribution < -0.4 is 5.73 Å². The van der Waals surface area contributed by atoms with Gasteiger partial charge in [0.25, 0.3) is 0 Å². The van der Waals surface area contributed by atoms with Gasteiger partial charge in [0.1, 0.15) is 0 Å². The van der Waals surface area contributed by atoms with Crippen LogP contribution in [0.4, 0.5) is 0 Å². The van der Waals surface area contributed by atoms with Crippen LogP contribution in [0.25, 0.3) is 0 Å². The smallest absolute Gasteiger partial charge is 0.0344 e. The Bertz CT molecular complexity index is 244. The van der Waals surface area contributed by atoms with E-state index in [1.165, 1.54) is 51.9 Å². The maximum Gasteiger partial charge on any atom is 0.0344 e. The Hall–Kier alpha value is -0.120. The predicted molar refractivity (Wildman–Crippen MR) is 84.5 cm³/mol. The van der Waals surface area contributed by atoms with Crippen LogP contribution >= 0.6 is 0 Å². The Morgan fingerprint density at radius 2 is 1.95 bits per heavy atom. The van der Waals surface area contributed by atoms with Gasteiger partial charge >= 0.3 is 0 Å². The van der Waals surface area contributed by atoms with E-state index in [1.54, 1.807) is 0 Å². The lowest BCUT2D eigenvalue weighted by molar-refractivity contribution is 0.0684. The van der Waals surface area contributed by atoms with Crippen molar-refractivity contribution in [3.05, 3.63) is 0 Å². The molecule has 0 aromatic carbocycles. The third-order valence-corrected chi connectivity index (χ3v) is 5.12. The van der Waals surface area contributed by atoms with Gasteiger partial charge in [0.05, 0.1) is 0 Å². The highest BCUT2D eigenvalue weighted by molar-refractivity contribution is 4.94. The molecule has 0 amide bonds. The number of likely N-dealkylation sites (N-methyl/N-ethyl adjacent to an activating group) is 1. The summed E-state index contributed by atoms with van der Waals surface area (Å²) in [4.78, 5) is 5.26. The fraction of sp³-hybridized carbons (Fsp3) is 1.00. The zero-order valence-electron chi connectivity index (χ0n) is 13.6. The summed E-state index contributed by atoms with van der Waals surface area (Å²) in [7, 11) is 0. The number of hydrogen-bond donors (Lipinski definition) is 1. The third-order valence-electron chi connectivity index (χ3n) is 5.12. The van der Waals surface area contributed by atoms with Gasteiger partial charge in [0.2, 0.25) is 0 Å². The van der Waals surface area contributed by atoms with Crippen molar-refractivity contribution in [3.8, 4) is 0 Å². The highest BCUT2D eigenvalue weighted by Gasteiger charge is 2.36. The van der Waals surface area contributed by atoms with Gasteiger partial charge in [0, 0.05) is 18.6 Å². The Labute approximate surface area is 120 Å². The number of hydrogen-bond acceptors (Lipinski definition) is 3. The van der Waals surface area contributed by atoms with Crippen LogP contribution in [0.1, 0.15) is 53.4 Å². The molecule has 0 spiro atoms. The average molecular weight is 269 g/mol. The predicted octanol–water partition coefficient (Wildman–Crippen LogP) is 2.56. The molecule has 1 rings (SSSR count). The van der Waals surface area contributed by atoms with Gasteiger partial charge in [-0.15, -0.1) is 0 Å². The second-order valence-corrected chi connectivity index (χ2v) is 6.27. The zero-order valence-corrected chi connectivity index (χ0v) is 13.6. The number of likely N-dealkylation sites (tertiary alicyclic amines) is 1.